The van der Waals surface area contributed by atoms with Crippen LogP contribution in [0, 0.1) is 0 Å². The Kier molecular flexibility index (Phi) is 7.10. The third-order valence-corrected chi connectivity index (χ3v) is 6.18. The lowest BCUT2D eigenvalue weighted by Crippen LogP contribution is -2.27. The van der Waals surface area contributed by atoms with E-state index in [2.05, 4.69) is 15.9 Å². The van der Waals surface area contributed by atoms with E-state index in [1.807, 2.05) is 25.1 Å². The lowest BCUT2D eigenvalue weighted by Gasteiger charge is -2.13. The Labute approximate surface area is 186 Å². The van der Waals surface area contributed by atoms with Crippen molar-refractivity contribution < 1.29 is 14.3 Å². The molecule has 4 nitrogen and oxygen atoms in total. The largest absolute Gasteiger partial charge is 0.492 e. The van der Waals surface area contributed by atoms with Crippen molar-refractivity contribution in [2.24, 2.45) is 0 Å². The van der Waals surface area contributed by atoms with Gasteiger partial charge in [0.2, 0.25) is 0 Å². The maximum absolute atomic E-state index is 12.7. The minimum atomic E-state index is -0.330. The molecular weight excluding hydrogens is 485 g/mol. The van der Waals surface area contributed by atoms with Crippen LogP contribution in [0.5, 0.6) is 5.75 Å². The van der Waals surface area contributed by atoms with Crippen LogP contribution in [0.4, 0.5) is 4.79 Å². The number of hydrogen-bond acceptors (Lipinski definition) is 4. The first-order valence-electron chi connectivity index (χ1n) is 8.50. The number of carbonyl (C=O) groups is 2. The van der Waals surface area contributed by atoms with E-state index >= 15 is 0 Å². The maximum Gasteiger partial charge on any atom is 0.293 e. The molecule has 2 amide bonds. The van der Waals surface area contributed by atoms with Gasteiger partial charge in [0.1, 0.15) is 5.75 Å². The van der Waals surface area contributed by atoms with E-state index < -0.39 is 0 Å². The fourth-order valence-electron chi connectivity index (χ4n) is 2.54. The topological polar surface area (TPSA) is 46.6 Å². The molecule has 1 heterocycles. The summed E-state index contributed by atoms with van der Waals surface area (Å²) in [7, 11) is 0. The molecule has 1 aliphatic rings. The van der Waals surface area contributed by atoms with Crippen molar-refractivity contribution in [1.29, 1.82) is 0 Å². The van der Waals surface area contributed by atoms with Crippen molar-refractivity contribution in [1.82, 2.24) is 4.90 Å². The van der Waals surface area contributed by atoms with Crippen molar-refractivity contribution in [2.45, 2.75) is 19.9 Å². The number of rotatable bonds is 6. The summed E-state index contributed by atoms with van der Waals surface area (Å²) < 4.78 is 6.42. The fraction of sp³-hybridized carbons (Fsp3) is 0.200. The molecule has 8 heteroatoms. The van der Waals surface area contributed by atoms with Crippen LogP contribution in [-0.2, 0) is 11.3 Å². The van der Waals surface area contributed by atoms with Crippen LogP contribution in [0.3, 0.4) is 0 Å². The molecule has 0 unspecified atom stereocenters. The Balaban J connectivity index is 1.77. The molecule has 0 atom stereocenters. The van der Waals surface area contributed by atoms with E-state index in [1.165, 1.54) is 4.90 Å². The predicted molar refractivity (Wildman–Crippen MR) is 118 cm³/mol. The summed E-state index contributed by atoms with van der Waals surface area (Å²) in [6, 6.07) is 10.6. The fourth-order valence-corrected chi connectivity index (χ4v) is 4.21. The van der Waals surface area contributed by atoms with E-state index in [0.717, 1.165) is 39.5 Å². The summed E-state index contributed by atoms with van der Waals surface area (Å²) in [5, 5.41) is 0.498. The molecule has 0 bridgehead atoms. The second kappa shape index (κ2) is 9.35. The Morgan fingerprint density at radius 1 is 1.14 bits per heavy atom. The molecule has 146 valence electrons. The van der Waals surface area contributed by atoms with Crippen LogP contribution in [-0.4, -0.2) is 22.7 Å². The number of halogens is 3. The summed E-state index contributed by atoms with van der Waals surface area (Å²) in [6.07, 6.45) is 2.62. The van der Waals surface area contributed by atoms with Crippen LogP contribution in [0.25, 0.3) is 6.08 Å². The molecule has 0 aliphatic carbocycles. The first-order chi connectivity index (χ1) is 13.4. The number of imide groups is 1. The van der Waals surface area contributed by atoms with Crippen LogP contribution in [0.15, 0.2) is 45.8 Å². The van der Waals surface area contributed by atoms with Gasteiger partial charge in [-0.05, 0) is 75.6 Å². The predicted octanol–water partition coefficient (Wildman–Crippen LogP) is 6.78. The van der Waals surface area contributed by atoms with Gasteiger partial charge in [0.15, 0.2) is 0 Å². The zero-order chi connectivity index (χ0) is 20.3. The monoisotopic (exact) mass is 499 g/mol. The summed E-state index contributed by atoms with van der Waals surface area (Å²) in [6.45, 7) is 2.81. The van der Waals surface area contributed by atoms with Crippen LogP contribution in [0.1, 0.15) is 24.5 Å². The summed E-state index contributed by atoms with van der Waals surface area (Å²) in [5.41, 5.74) is 1.54. The third kappa shape index (κ3) is 4.92. The highest BCUT2D eigenvalue weighted by Crippen LogP contribution is 2.35. The standard InChI is InChI=1S/C20H16BrCl2NO3S/c1-2-7-27-17-6-4-12(8-14(17)21)10-18-19(25)24(20(26)28-18)11-13-3-5-15(22)16(23)9-13/h3-6,8-10H,2,7,11H2,1H3/b18-10-. The van der Waals surface area contributed by atoms with Crippen LogP contribution < -0.4 is 4.74 Å². The van der Waals surface area contributed by atoms with Gasteiger partial charge < -0.3 is 4.74 Å². The zero-order valence-electron chi connectivity index (χ0n) is 14.9. The zero-order valence-corrected chi connectivity index (χ0v) is 18.8. The number of carbonyl (C=O) groups excluding carboxylic acids is 2. The number of thioether (sulfide) groups is 1. The van der Waals surface area contributed by atoms with Gasteiger partial charge in [-0.2, -0.15) is 0 Å². The van der Waals surface area contributed by atoms with Gasteiger partial charge in [0, 0.05) is 0 Å². The average Bonchev–Trinajstić information content (AvgIpc) is 2.91. The highest BCUT2D eigenvalue weighted by atomic mass is 79.9. The second-order valence-electron chi connectivity index (χ2n) is 6.05. The number of hydrogen-bond donors (Lipinski definition) is 0. The van der Waals surface area contributed by atoms with Gasteiger partial charge in [-0.1, -0.05) is 42.3 Å². The van der Waals surface area contributed by atoms with E-state index in [0.29, 0.717) is 21.6 Å². The second-order valence-corrected chi connectivity index (χ2v) is 8.72. The van der Waals surface area contributed by atoms with Crippen molar-refractivity contribution >= 4 is 68.1 Å². The lowest BCUT2D eigenvalue weighted by molar-refractivity contribution is -0.123. The highest BCUT2D eigenvalue weighted by Gasteiger charge is 2.35. The lowest BCUT2D eigenvalue weighted by atomic mass is 10.2. The number of benzene rings is 2. The Hall–Kier alpha value is -1.47. The van der Waals surface area contributed by atoms with Gasteiger partial charge in [0.05, 0.1) is 32.6 Å². The Morgan fingerprint density at radius 2 is 1.93 bits per heavy atom. The first-order valence-corrected chi connectivity index (χ1v) is 10.9. The first kappa shape index (κ1) is 21.2. The normalized spacial score (nSPS) is 15.6. The summed E-state index contributed by atoms with van der Waals surface area (Å²) in [4.78, 5) is 26.6. The minimum absolute atomic E-state index is 0.145. The number of nitrogens with zero attached hydrogens (tertiary/aromatic N) is 1. The van der Waals surface area contributed by atoms with Gasteiger partial charge in [0.25, 0.3) is 11.1 Å². The highest BCUT2D eigenvalue weighted by molar-refractivity contribution is 9.10. The van der Waals surface area contributed by atoms with Gasteiger partial charge >= 0.3 is 0 Å². The van der Waals surface area contributed by atoms with Gasteiger partial charge in [-0.25, -0.2) is 0 Å². The smallest absolute Gasteiger partial charge is 0.293 e. The van der Waals surface area contributed by atoms with Crippen LogP contribution in [0.2, 0.25) is 10.0 Å². The number of amides is 2. The Bertz CT molecular complexity index is 964. The molecule has 1 fully saturated rings. The molecule has 2 aromatic rings. The maximum atomic E-state index is 12.7. The molecule has 0 saturated carbocycles. The van der Waals surface area contributed by atoms with E-state index in [9.17, 15) is 9.59 Å². The molecule has 0 N–H and O–H groups in total. The van der Waals surface area contributed by atoms with Crippen molar-refractivity contribution in [3.05, 3.63) is 66.9 Å². The van der Waals surface area contributed by atoms with Crippen molar-refractivity contribution in [3.8, 4) is 5.75 Å². The van der Waals surface area contributed by atoms with Crippen molar-refractivity contribution in [2.75, 3.05) is 6.61 Å². The molecule has 1 saturated heterocycles. The molecule has 0 radical (unpaired) electrons. The summed E-state index contributed by atoms with van der Waals surface area (Å²) >= 11 is 16.3. The molecule has 1 aliphatic heterocycles. The van der Waals surface area contributed by atoms with E-state index in [4.69, 9.17) is 27.9 Å². The molecule has 0 aromatic heterocycles. The minimum Gasteiger partial charge on any atom is -0.492 e. The average molecular weight is 501 g/mol. The molecular formula is C20H16BrCl2NO3S. The quantitative estimate of drug-likeness (QED) is 0.410. The van der Waals surface area contributed by atoms with E-state index in [-0.39, 0.29) is 17.7 Å². The number of ether oxygens (including phenoxy) is 1. The summed E-state index contributed by atoms with van der Waals surface area (Å²) in [5.74, 6) is 0.412. The molecule has 28 heavy (non-hydrogen) atoms. The van der Waals surface area contributed by atoms with Crippen molar-refractivity contribution in [3.63, 3.8) is 0 Å². The molecule has 3 rings (SSSR count). The van der Waals surface area contributed by atoms with Crippen LogP contribution >= 0.6 is 50.9 Å². The molecule has 0 spiro atoms. The SMILES string of the molecule is CCCOc1ccc(/C=C2\SC(=O)N(Cc3ccc(Cl)c(Cl)c3)C2=O)cc1Br. The van der Waals surface area contributed by atoms with Gasteiger partial charge in [-0.15, -0.1) is 0 Å². The third-order valence-electron chi connectivity index (χ3n) is 3.91. The van der Waals surface area contributed by atoms with Gasteiger partial charge in [-0.3, -0.25) is 14.5 Å². The van der Waals surface area contributed by atoms with E-state index in [1.54, 1.807) is 24.3 Å². The Morgan fingerprint density at radius 3 is 2.61 bits per heavy atom. The molecule has 2 aromatic carbocycles.